The van der Waals surface area contributed by atoms with Gasteiger partial charge in [0.1, 0.15) is 17.2 Å². The fourth-order valence-electron chi connectivity index (χ4n) is 2.57. The van der Waals surface area contributed by atoms with Gasteiger partial charge in [-0.2, -0.15) is 0 Å². The normalized spacial score (nSPS) is 17.0. The fourth-order valence-corrected chi connectivity index (χ4v) is 2.57. The van der Waals surface area contributed by atoms with Crippen LogP contribution in [0.1, 0.15) is 17.0 Å². The summed E-state index contributed by atoms with van der Waals surface area (Å²) < 4.78 is 16.3. The van der Waals surface area contributed by atoms with Crippen molar-refractivity contribution in [2.75, 3.05) is 20.8 Å². The van der Waals surface area contributed by atoms with Crippen molar-refractivity contribution in [1.29, 1.82) is 0 Å². The van der Waals surface area contributed by atoms with Crippen LogP contribution in [0.2, 0.25) is 0 Å². The Kier molecular flexibility index (Phi) is 3.50. The first-order chi connectivity index (χ1) is 9.80. The number of rotatable bonds is 3. The van der Waals surface area contributed by atoms with E-state index in [4.69, 9.17) is 14.2 Å². The molecule has 3 heteroatoms. The average Bonchev–Trinajstić information content (AvgIpc) is 2.54. The SMILES string of the molecule is COc1ccc([C@@H]2COc3cc(OC)ccc3C2)cc1. The molecular weight excluding hydrogens is 252 g/mol. The second kappa shape index (κ2) is 5.45. The molecule has 104 valence electrons. The Balaban J connectivity index is 1.80. The molecule has 0 saturated carbocycles. The summed E-state index contributed by atoms with van der Waals surface area (Å²) in [5.74, 6) is 3.05. The Morgan fingerprint density at radius 1 is 0.950 bits per heavy atom. The van der Waals surface area contributed by atoms with Gasteiger partial charge in [0.15, 0.2) is 0 Å². The zero-order valence-corrected chi connectivity index (χ0v) is 11.8. The van der Waals surface area contributed by atoms with E-state index in [1.807, 2.05) is 24.3 Å². The van der Waals surface area contributed by atoms with Crippen molar-refractivity contribution in [3.05, 3.63) is 53.6 Å². The minimum Gasteiger partial charge on any atom is -0.497 e. The third-order valence-corrected chi connectivity index (χ3v) is 3.77. The predicted octanol–water partition coefficient (Wildman–Crippen LogP) is 3.42. The Morgan fingerprint density at radius 3 is 2.35 bits per heavy atom. The van der Waals surface area contributed by atoms with E-state index < -0.39 is 0 Å². The molecule has 2 aromatic carbocycles. The highest BCUT2D eigenvalue weighted by Crippen LogP contribution is 2.35. The van der Waals surface area contributed by atoms with Crippen molar-refractivity contribution >= 4 is 0 Å². The number of methoxy groups -OCH3 is 2. The molecule has 0 fully saturated rings. The number of hydrogen-bond acceptors (Lipinski definition) is 3. The molecule has 0 radical (unpaired) electrons. The highest BCUT2D eigenvalue weighted by atomic mass is 16.5. The number of ether oxygens (including phenoxy) is 3. The van der Waals surface area contributed by atoms with Gasteiger partial charge in [0.05, 0.1) is 20.8 Å². The first kappa shape index (κ1) is 12.9. The van der Waals surface area contributed by atoms with E-state index in [-0.39, 0.29) is 0 Å². The van der Waals surface area contributed by atoms with E-state index in [1.54, 1.807) is 14.2 Å². The molecule has 0 saturated heterocycles. The van der Waals surface area contributed by atoms with E-state index in [0.29, 0.717) is 12.5 Å². The van der Waals surface area contributed by atoms with Crippen LogP contribution in [0.25, 0.3) is 0 Å². The maximum atomic E-state index is 5.88. The van der Waals surface area contributed by atoms with Gasteiger partial charge < -0.3 is 14.2 Å². The Bertz CT molecular complexity index is 590. The topological polar surface area (TPSA) is 27.7 Å². The van der Waals surface area contributed by atoms with Crippen LogP contribution in [0.3, 0.4) is 0 Å². The summed E-state index contributed by atoms with van der Waals surface area (Å²) in [4.78, 5) is 0. The summed E-state index contributed by atoms with van der Waals surface area (Å²) in [6.45, 7) is 0.701. The van der Waals surface area contributed by atoms with Crippen LogP contribution in [-0.2, 0) is 6.42 Å². The highest BCUT2D eigenvalue weighted by Gasteiger charge is 2.21. The zero-order valence-electron chi connectivity index (χ0n) is 11.8. The van der Waals surface area contributed by atoms with Crippen LogP contribution < -0.4 is 14.2 Å². The van der Waals surface area contributed by atoms with Gasteiger partial charge in [-0.25, -0.2) is 0 Å². The van der Waals surface area contributed by atoms with Crippen molar-refractivity contribution < 1.29 is 14.2 Å². The van der Waals surface area contributed by atoms with Crippen LogP contribution in [0.4, 0.5) is 0 Å². The van der Waals surface area contributed by atoms with Gasteiger partial charge in [-0.15, -0.1) is 0 Å². The van der Waals surface area contributed by atoms with E-state index in [2.05, 4.69) is 18.2 Å². The molecule has 1 aliphatic rings. The summed E-state index contributed by atoms with van der Waals surface area (Å²) in [5, 5.41) is 0. The summed E-state index contributed by atoms with van der Waals surface area (Å²) in [5.41, 5.74) is 2.52. The van der Waals surface area contributed by atoms with Gasteiger partial charge in [-0.1, -0.05) is 18.2 Å². The minimum atomic E-state index is 0.391. The lowest BCUT2D eigenvalue weighted by Gasteiger charge is -2.26. The van der Waals surface area contributed by atoms with Gasteiger partial charge in [-0.3, -0.25) is 0 Å². The zero-order chi connectivity index (χ0) is 13.9. The molecule has 2 aromatic rings. The van der Waals surface area contributed by atoms with Crippen molar-refractivity contribution in [3.8, 4) is 17.2 Å². The van der Waals surface area contributed by atoms with E-state index in [9.17, 15) is 0 Å². The molecule has 0 bridgehead atoms. The maximum Gasteiger partial charge on any atom is 0.126 e. The minimum absolute atomic E-state index is 0.391. The monoisotopic (exact) mass is 270 g/mol. The molecule has 1 heterocycles. The van der Waals surface area contributed by atoms with E-state index in [0.717, 1.165) is 23.7 Å². The smallest absolute Gasteiger partial charge is 0.126 e. The summed E-state index contributed by atoms with van der Waals surface area (Å²) >= 11 is 0. The lowest BCUT2D eigenvalue weighted by atomic mass is 9.90. The van der Waals surface area contributed by atoms with Crippen molar-refractivity contribution in [2.45, 2.75) is 12.3 Å². The number of hydrogen-bond donors (Lipinski definition) is 0. The van der Waals surface area contributed by atoms with Crippen LogP contribution >= 0.6 is 0 Å². The fraction of sp³-hybridized carbons (Fsp3) is 0.294. The molecule has 0 aliphatic carbocycles. The molecule has 3 nitrogen and oxygen atoms in total. The quantitative estimate of drug-likeness (QED) is 0.855. The second-order valence-electron chi connectivity index (χ2n) is 4.96. The molecule has 0 aromatic heterocycles. The third-order valence-electron chi connectivity index (χ3n) is 3.77. The number of benzene rings is 2. The van der Waals surface area contributed by atoms with Gasteiger partial charge in [0.25, 0.3) is 0 Å². The Labute approximate surface area is 119 Å². The number of fused-ring (bicyclic) bond motifs is 1. The van der Waals surface area contributed by atoms with Crippen molar-refractivity contribution in [3.63, 3.8) is 0 Å². The first-order valence-corrected chi connectivity index (χ1v) is 6.74. The maximum absolute atomic E-state index is 5.88. The van der Waals surface area contributed by atoms with E-state index >= 15 is 0 Å². The van der Waals surface area contributed by atoms with Crippen LogP contribution in [-0.4, -0.2) is 20.8 Å². The molecule has 20 heavy (non-hydrogen) atoms. The molecule has 0 N–H and O–H groups in total. The van der Waals surface area contributed by atoms with Crippen LogP contribution in [0.5, 0.6) is 17.2 Å². The molecule has 1 aliphatic heterocycles. The Morgan fingerprint density at radius 2 is 1.65 bits per heavy atom. The highest BCUT2D eigenvalue weighted by molar-refractivity contribution is 5.43. The lowest BCUT2D eigenvalue weighted by Crippen LogP contribution is -2.19. The third kappa shape index (κ3) is 2.44. The van der Waals surface area contributed by atoms with Crippen molar-refractivity contribution in [2.24, 2.45) is 0 Å². The summed E-state index contributed by atoms with van der Waals surface area (Å²) in [6.07, 6.45) is 0.992. The van der Waals surface area contributed by atoms with Gasteiger partial charge in [0.2, 0.25) is 0 Å². The molecule has 3 rings (SSSR count). The second-order valence-corrected chi connectivity index (χ2v) is 4.96. The lowest BCUT2D eigenvalue weighted by molar-refractivity contribution is 0.261. The predicted molar refractivity (Wildman–Crippen MR) is 77.9 cm³/mol. The molecular formula is C17H18O3. The van der Waals surface area contributed by atoms with Crippen LogP contribution in [0, 0.1) is 0 Å². The van der Waals surface area contributed by atoms with E-state index in [1.165, 1.54) is 11.1 Å². The average molecular weight is 270 g/mol. The standard InChI is InChI=1S/C17H18O3/c1-18-15-6-3-12(4-7-15)14-9-13-5-8-16(19-2)10-17(13)20-11-14/h3-8,10,14H,9,11H2,1-2H3/t14-/m0/s1. The summed E-state index contributed by atoms with van der Waals surface area (Å²) in [7, 11) is 3.35. The largest absolute Gasteiger partial charge is 0.497 e. The molecule has 0 unspecified atom stereocenters. The Hall–Kier alpha value is -2.16. The molecule has 1 atom stereocenters. The summed E-state index contributed by atoms with van der Waals surface area (Å²) in [6, 6.07) is 14.3. The van der Waals surface area contributed by atoms with Gasteiger partial charge in [-0.05, 0) is 35.7 Å². The van der Waals surface area contributed by atoms with Crippen LogP contribution in [0.15, 0.2) is 42.5 Å². The first-order valence-electron chi connectivity index (χ1n) is 6.74. The van der Waals surface area contributed by atoms with Crippen molar-refractivity contribution in [1.82, 2.24) is 0 Å². The van der Waals surface area contributed by atoms with Gasteiger partial charge in [0, 0.05) is 12.0 Å². The molecule has 0 spiro atoms. The van der Waals surface area contributed by atoms with Gasteiger partial charge >= 0.3 is 0 Å². The molecule has 0 amide bonds.